The molecule has 11 rings (SSSR count). The van der Waals surface area contributed by atoms with Crippen molar-refractivity contribution < 1.29 is 0 Å². The molecule has 4 heterocycles. The molecule has 0 saturated carbocycles. The van der Waals surface area contributed by atoms with Gasteiger partial charge in [0, 0.05) is 43.3 Å². The standard InChI is InChI=1S/C44H26N4/c1-3-13-27(14-4-1)29-23-24-38-34(25-29)40-39(48(38)44-31-18-7-10-20-35(31)45-43(46-44)28-15-5-2-6-16-28)26-33-30-17-8-11-21-36(30)47-37-22-12-9-19-32(37)41(40)42(33)47/h1-26H. The van der Waals surface area contributed by atoms with Crippen LogP contribution in [0.5, 0.6) is 0 Å². The first-order chi connectivity index (χ1) is 23.8. The van der Waals surface area contributed by atoms with Gasteiger partial charge < -0.3 is 4.40 Å². The van der Waals surface area contributed by atoms with Crippen LogP contribution in [0.1, 0.15) is 0 Å². The molecule has 0 spiro atoms. The van der Waals surface area contributed by atoms with Gasteiger partial charge in [-0.05, 0) is 53.6 Å². The Hall–Kier alpha value is -6.52. The van der Waals surface area contributed by atoms with Crippen LogP contribution in [-0.2, 0) is 0 Å². The molecule has 11 aromatic rings. The summed E-state index contributed by atoms with van der Waals surface area (Å²) in [5.41, 5.74) is 10.3. The number of hydrogen-bond acceptors (Lipinski definition) is 2. The molecule has 0 aliphatic heterocycles. The van der Waals surface area contributed by atoms with E-state index in [0.29, 0.717) is 5.82 Å². The quantitative estimate of drug-likeness (QED) is 0.199. The van der Waals surface area contributed by atoms with Crippen molar-refractivity contribution in [2.75, 3.05) is 0 Å². The van der Waals surface area contributed by atoms with Gasteiger partial charge >= 0.3 is 0 Å². The van der Waals surface area contributed by atoms with Crippen LogP contribution in [0.15, 0.2) is 158 Å². The van der Waals surface area contributed by atoms with Crippen LogP contribution in [0.4, 0.5) is 0 Å². The maximum absolute atomic E-state index is 5.38. The lowest BCUT2D eigenvalue weighted by atomic mass is 9.99. The maximum atomic E-state index is 5.38. The number of hydrogen-bond donors (Lipinski definition) is 0. The third kappa shape index (κ3) is 3.38. The molecule has 0 saturated heterocycles. The molecule has 0 atom stereocenters. The van der Waals surface area contributed by atoms with E-state index in [4.69, 9.17) is 9.97 Å². The summed E-state index contributed by atoms with van der Waals surface area (Å²) in [5, 5.41) is 8.51. The van der Waals surface area contributed by atoms with Gasteiger partial charge in [-0.25, -0.2) is 9.97 Å². The van der Waals surface area contributed by atoms with Gasteiger partial charge in [0.25, 0.3) is 0 Å². The highest BCUT2D eigenvalue weighted by Gasteiger charge is 2.25. The molecule has 222 valence electrons. The first kappa shape index (κ1) is 25.6. The Morgan fingerprint density at radius 2 is 1.02 bits per heavy atom. The zero-order valence-electron chi connectivity index (χ0n) is 25.8. The van der Waals surface area contributed by atoms with Crippen LogP contribution in [0, 0.1) is 0 Å². The van der Waals surface area contributed by atoms with E-state index in [1.54, 1.807) is 0 Å². The normalized spacial score (nSPS) is 12.2. The average molecular weight is 611 g/mol. The zero-order valence-corrected chi connectivity index (χ0v) is 25.8. The number of rotatable bonds is 3. The summed E-state index contributed by atoms with van der Waals surface area (Å²) in [6.07, 6.45) is 0. The molecule has 0 aliphatic rings. The molecular formula is C44H26N4. The first-order valence-electron chi connectivity index (χ1n) is 16.4. The Balaban J connectivity index is 1.39. The van der Waals surface area contributed by atoms with Crippen LogP contribution in [0.25, 0.3) is 99.1 Å². The predicted octanol–water partition coefficient (Wildman–Crippen LogP) is 11.2. The molecule has 0 fully saturated rings. The number of para-hydroxylation sites is 3. The van der Waals surface area contributed by atoms with Gasteiger partial charge in [0.05, 0.1) is 33.1 Å². The van der Waals surface area contributed by atoms with Crippen molar-refractivity contribution in [2.24, 2.45) is 0 Å². The maximum Gasteiger partial charge on any atom is 0.162 e. The molecule has 4 heteroatoms. The van der Waals surface area contributed by atoms with E-state index < -0.39 is 0 Å². The largest absolute Gasteiger partial charge is 0.308 e. The van der Waals surface area contributed by atoms with Gasteiger partial charge in [0.2, 0.25) is 0 Å². The molecular weight excluding hydrogens is 585 g/mol. The summed E-state index contributed by atoms with van der Waals surface area (Å²) in [6.45, 7) is 0. The van der Waals surface area contributed by atoms with Crippen molar-refractivity contribution in [1.82, 2.24) is 18.9 Å². The third-order valence-corrected chi connectivity index (χ3v) is 10.0. The van der Waals surface area contributed by atoms with E-state index in [1.807, 2.05) is 18.2 Å². The number of aromatic nitrogens is 4. The second-order valence-electron chi connectivity index (χ2n) is 12.6. The Kier molecular flexibility index (Phi) is 5.08. The summed E-state index contributed by atoms with van der Waals surface area (Å²) < 4.78 is 4.85. The van der Waals surface area contributed by atoms with Crippen LogP contribution in [0.2, 0.25) is 0 Å². The smallest absolute Gasteiger partial charge is 0.162 e. The highest BCUT2D eigenvalue weighted by Crippen LogP contribution is 2.47. The Morgan fingerprint density at radius 3 is 1.81 bits per heavy atom. The number of fused-ring (bicyclic) bond motifs is 11. The minimum atomic E-state index is 0.716. The summed E-state index contributed by atoms with van der Waals surface area (Å²) in [4.78, 5) is 10.4. The molecule has 48 heavy (non-hydrogen) atoms. The summed E-state index contributed by atoms with van der Waals surface area (Å²) >= 11 is 0. The van der Waals surface area contributed by atoms with E-state index in [2.05, 4.69) is 148 Å². The molecule has 0 aliphatic carbocycles. The van der Waals surface area contributed by atoms with Gasteiger partial charge in [-0.3, -0.25) is 4.57 Å². The lowest BCUT2D eigenvalue weighted by molar-refractivity contribution is 1.08. The Bertz CT molecular complexity index is 3040. The molecule has 0 N–H and O–H groups in total. The van der Waals surface area contributed by atoms with Crippen molar-refractivity contribution >= 4 is 70.8 Å². The molecule has 7 aromatic carbocycles. The van der Waals surface area contributed by atoms with Crippen molar-refractivity contribution in [2.45, 2.75) is 0 Å². The molecule has 4 aromatic heterocycles. The van der Waals surface area contributed by atoms with Crippen LogP contribution < -0.4 is 0 Å². The summed E-state index contributed by atoms with van der Waals surface area (Å²) in [7, 11) is 0. The minimum absolute atomic E-state index is 0.716. The van der Waals surface area contributed by atoms with Crippen LogP contribution in [0.3, 0.4) is 0 Å². The van der Waals surface area contributed by atoms with Crippen molar-refractivity contribution in [3.05, 3.63) is 158 Å². The lowest BCUT2D eigenvalue weighted by Gasteiger charge is -2.13. The average Bonchev–Trinajstić information content (AvgIpc) is 3.79. The SMILES string of the molecule is c1ccc(-c2ccc3c(c2)c2c4c5ccccc5n5c6ccccc6c(cc2n3-c2nc(-c3ccccc3)nc3ccccc23)c45)cc1. The van der Waals surface area contributed by atoms with E-state index in [0.717, 1.165) is 33.3 Å². The third-order valence-electron chi connectivity index (χ3n) is 10.0. The zero-order chi connectivity index (χ0) is 31.3. The molecule has 0 bridgehead atoms. The van der Waals surface area contributed by atoms with E-state index in [-0.39, 0.29) is 0 Å². The van der Waals surface area contributed by atoms with Gasteiger partial charge in [0.15, 0.2) is 5.82 Å². The second kappa shape index (κ2) is 9.50. The first-order valence-corrected chi connectivity index (χ1v) is 16.4. The van der Waals surface area contributed by atoms with Crippen molar-refractivity contribution in [3.63, 3.8) is 0 Å². The van der Waals surface area contributed by atoms with Gasteiger partial charge in [-0.15, -0.1) is 0 Å². The monoisotopic (exact) mass is 610 g/mol. The van der Waals surface area contributed by atoms with Gasteiger partial charge in [0.1, 0.15) is 5.82 Å². The highest BCUT2D eigenvalue weighted by atomic mass is 15.1. The number of nitrogens with zero attached hydrogens (tertiary/aromatic N) is 4. The van der Waals surface area contributed by atoms with Gasteiger partial charge in [-0.2, -0.15) is 0 Å². The van der Waals surface area contributed by atoms with Crippen LogP contribution in [-0.4, -0.2) is 18.9 Å². The van der Waals surface area contributed by atoms with Crippen molar-refractivity contribution in [3.8, 4) is 28.3 Å². The van der Waals surface area contributed by atoms with E-state index >= 15 is 0 Å². The highest BCUT2D eigenvalue weighted by molar-refractivity contribution is 6.36. The minimum Gasteiger partial charge on any atom is -0.308 e. The second-order valence-corrected chi connectivity index (χ2v) is 12.6. The topological polar surface area (TPSA) is 35.1 Å². The molecule has 0 amide bonds. The molecule has 0 unspecified atom stereocenters. The molecule has 0 radical (unpaired) electrons. The Morgan fingerprint density at radius 1 is 0.375 bits per heavy atom. The molecule has 4 nitrogen and oxygen atoms in total. The fourth-order valence-corrected chi connectivity index (χ4v) is 8.00. The predicted molar refractivity (Wildman–Crippen MR) is 199 cm³/mol. The van der Waals surface area contributed by atoms with Crippen molar-refractivity contribution in [1.29, 1.82) is 0 Å². The lowest BCUT2D eigenvalue weighted by Crippen LogP contribution is -2.02. The van der Waals surface area contributed by atoms with Crippen LogP contribution >= 0.6 is 0 Å². The Labute approximate surface area is 275 Å². The van der Waals surface area contributed by atoms with E-state index in [1.165, 1.54) is 60.0 Å². The van der Waals surface area contributed by atoms with Gasteiger partial charge in [-0.1, -0.05) is 115 Å². The summed E-state index contributed by atoms with van der Waals surface area (Å²) in [6, 6.07) is 56.3. The fourth-order valence-electron chi connectivity index (χ4n) is 8.00. The van der Waals surface area contributed by atoms with E-state index in [9.17, 15) is 0 Å². The number of benzene rings is 7. The summed E-state index contributed by atoms with van der Waals surface area (Å²) in [5.74, 6) is 1.60. The fraction of sp³-hybridized carbons (Fsp3) is 0.